The number of fused-ring (bicyclic) bond motifs is 1. The second kappa shape index (κ2) is 8.35. The standard InChI is InChI=1S/C20H20BrN3O3/c1-13(2)24(19(25)12-27-15-9-7-14(21)8-10-15)11-18-22-17-6-4-3-5-16(17)20(26)23-18/h3-10,13H,11-12H2,1-2H3,(H,22,23,26). The second-order valence-corrected chi connectivity index (χ2v) is 7.30. The molecule has 2 aromatic carbocycles. The molecule has 0 saturated heterocycles. The maximum atomic E-state index is 12.6. The van der Waals surface area contributed by atoms with Crippen LogP contribution < -0.4 is 10.3 Å². The number of amides is 1. The fraction of sp³-hybridized carbons (Fsp3) is 0.250. The Bertz CT molecular complexity index is 999. The van der Waals surface area contributed by atoms with Gasteiger partial charge in [0.15, 0.2) is 6.61 Å². The van der Waals surface area contributed by atoms with Crippen LogP contribution in [0.5, 0.6) is 5.75 Å². The summed E-state index contributed by atoms with van der Waals surface area (Å²) in [6.45, 7) is 3.95. The molecule has 140 valence electrons. The maximum absolute atomic E-state index is 12.6. The van der Waals surface area contributed by atoms with Crippen LogP contribution in [0.4, 0.5) is 0 Å². The number of H-pyrrole nitrogens is 1. The molecule has 0 unspecified atom stereocenters. The average molecular weight is 430 g/mol. The number of rotatable bonds is 6. The fourth-order valence-corrected chi connectivity index (χ4v) is 2.95. The van der Waals surface area contributed by atoms with Gasteiger partial charge < -0.3 is 14.6 Å². The van der Waals surface area contributed by atoms with Crippen LogP contribution in [0, 0.1) is 0 Å². The van der Waals surface area contributed by atoms with Gasteiger partial charge in [-0.3, -0.25) is 9.59 Å². The van der Waals surface area contributed by atoms with Gasteiger partial charge >= 0.3 is 0 Å². The van der Waals surface area contributed by atoms with Crippen LogP contribution in [0.3, 0.4) is 0 Å². The molecule has 3 rings (SSSR count). The van der Waals surface area contributed by atoms with Crippen LogP contribution in [0.15, 0.2) is 57.8 Å². The lowest BCUT2D eigenvalue weighted by Gasteiger charge is -2.26. The normalized spacial score (nSPS) is 11.0. The van der Waals surface area contributed by atoms with Crippen molar-refractivity contribution in [3.8, 4) is 5.75 Å². The number of nitrogens with zero attached hydrogens (tertiary/aromatic N) is 2. The smallest absolute Gasteiger partial charge is 0.261 e. The first kappa shape index (κ1) is 19.1. The largest absolute Gasteiger partial charge is 0.484 e. The minimum absolute atomic E-state index is 0.0669. The predicted octanol–water partition coefficient (Wildman–Crippen LogP) is 3.50. The van der Waals surface area contributed by atoms with Crippen molar-refractivity contribution in [1.82, 2.24) is 14.9 Å². The zero-order valence-electron chi connectivity index (χ0n) is 15.1. The molecule has 1 heterocycles. The molecule has 0 atom stereocenters. The number of halogens is 1. The molecule has 6 nitrogen and oxygen atoms in total. The third-order valence-electron chi connectivity index (χ3n) is 4.10. The summed E-state index contributed by atoms with van der Waals surface area (Å²) >= 11 is 3.36. The Kier molecular flexibility index (Phi) is 5.91. The van der Waals surface area contributed by atoms with E-state index in [-0.39, 0.29) is 30.7 Å². The van der Waals surface area contributed by atoms with Gasteiger partial charge in [-0.15, -0.1) is 0 Å². The third kappa shape index (κ3) is 4.74. The molecule has 0 aliphatic carbocycles. The Labute approximate surface area is 165 Å². The Morgan fingerprint density at radius 3 is 2.59 bits per heavy atom. The maximum Gasteiger partial charge on any atom is 0.261 e. The van der Waals surface area contributed by atoms with E-state index in [0.717, 1.165) is 4.47 Å². The Morgan fingerprint density at radius 2 is 1.89 bits per heavy atom. The molecule has 0 spiro atoms. The minimum atomic E-state index is -0.210. The van der Waals surface area contributed by atoms with Crippen LogP contribution in [0.1, 0.15) is 19.7 Å². The summed E-state index contributed by atoms with van der Waals surface area (Å²) in [4.78, 5) is 33.7. The number of ether oxygens (including phenoxy) is 1. The number of carbonyl (C=O) groups excluding carboxylic acids is 1. The van der Waals surface area contributed by atoms with Gasteiger partial charge in [-0.05, 0) is 50.2 Å². The molecule has 0 saturated carbocycles. The molecule has 1 aromatic heterocycles. The summed E-state index contributed by atoms with van der Waals surface area (Å²) in [6.07, 6.45) is 0. The number of hydrogen-bond donors (Lipinski definition) is 1. The van der Waals surface area contributed by atoms with E-state index in [9.17, 15) is 9.59 Å². The van der Waals surface area contributed by atoms with Gasteiger partial charge in [-0.25, -0.2) is 4.98 Å². The number of aromatic amines is 1. The Balaban J connectivity index is 1.74. The third-order valence-corrected chi connectivity index (χ3v) is 4.63. The van der Waals surface area contributed by atoms with Crippen molar-refractivity contribution in [2.45, 2.75) is 26.4 Å². The molecule has 0 bridgehead atoms. The van der Waals surface area contributed by atoms with Gasteiger partial charge in [0.2, 0.25) is 0 Å². The summed E-state index contributed by atoms with van der Waals surface area (Å²) in [5.74, 6) is 0.889. The van der Waals surface area contributed by atoms with E-state index >= 15 is 0 Å². The molecular formula is C20H20BrN3O3. The predicted molar refractivity (Wildman–Crippen MR) is 108 cm³/mol. The summed E-state index contributed by atoms with van der Waals surface area (Å²) < 4.78 is 6.52. The molecule has 7 heteroatoms. The molecule has 0 aliphatic rings. The van der Waals surface area contributed by atoms with E-state index in [2.05, 4.69) is 25.9 Å². The zero-order valence-corrected chi connectivity index (χ0v) is 16.7. The van der Waals surface area contributed by atoms with E-state index in [0.29, 0.717) is 22.5 Å². The van der Waals surface area contributed by atoms with Crippen molar-refractivity contribution in [1.29, 1.82) is 0 Å². The monoisotopic (exact) mass is 429 g/mol. The Hall–Kier alpha value is -2.67. The summed E-state index contributed by atoms with van der Waals surface area (Å²) in [7, 11) is 0. The summed E-state index contributed by atoms with van der Waals surface area (Å²) in [5.41, 5.74) is 0.399. The first-order chi connectivity index (χ1) is 12.9. The van der Waals surface area contributed by atoms with Crippen molar-refractivity contribution >= 4 is 32.7 Å². The summed E-state index contributed by atoms with van der Waals surface area (Å²) in [6, 6.07) is 14.3. The van der Waals surface area contributed by atoms with Crippen molar-refractivity contribution < 1.29 is 9.53 Å². The SMILES string of the molecule is CC(C)N(Cc1nc2ccccc2c(=O)[nH]1)C(=O)COc1ccc(Br)cc1. The molecule has 0 aliphatic heterocycles. The van der Waals surface area contributed by atoms with Crippen LogP contribution in [-0.4, -0.2) is 33.4 Å². The van der Waals surface area contributed by atoms with E-state index in [1.165, 1.54) is 0 Å². The summed E-state index contributed by atoms with van der Waals surface area (Å²) in [5, 5.41) is 0.530. The van der Waals surface area contributed by atoms with E-state index in [1.807, 2.05) is 32.0 Å². The first-order valence-electron chi connectivity index (χ1n) is 8.60. The van der Waals surface area contributed by atoms with Crippen molar-refractivity contribution in [2.24, 2.45) is 0 Å². The van der Waals surface area contributed by atoms with Crippen LogP contribution in [0.25, 0.3) is 10.9 Å². The van der Waals surface area contributed by atoms with Gasteiger partial charge in [-0.2, -0.15) is 0 Å². The van der Waals surface area contributed by atoms with E-state index < -0.39 is 0 Å². The Morgan fingerprint density at radius 1 is 1.19 bits per heavy atom. The van der Waals surface area contributed by atoms with Gasteiger partial charge in [0.05, 0.1) is 17.4 Å². The van der Waals surface area contributed by atoms with E-state index in [1.54, 1.807) is 35.2 Å². The lowest BCUT2D eigenvalue weighted by molar-refractivity contribution is -0.135. The molecular weight excluding hydrogens is 410 g/mol. The van der Waals surface area contributed by atoms with Crippen molar-refractivity contribution in [2.75, 3.05) is 6.61 Å². The number of nitrogens with one attached hydrogen (secondary N) is 1. The highest BCUT2D eigenvalue weighted by atomic mass is 79.9. The van der Waals surface area contributed by atoms with Crippen LogP contribution >= 0.6 is 15.9 Å². The minimum Gasteiger partial charge on any atom is -0.484 e. The molecule has 1 N–H and O–H groups in total. The number of hydrogen-bond acceptors (Lipinski definition) is 4. The van der Waals surface area contributed by atoms with Crippen LogP contribution in [-0.2, 0) is 11.3 Å². The molecule has 0 radical (unpaired) electrons. The molecule has 1 amide bonds. The number of carbonyl (C=O) groups is 1. The first-order valence-corrected chi connectivity index (χ1v) is 9.39. The lowest BCUT2D eigenvalue weighted by atomic mass is 10.2. The quantitative estimate of drug-likeness (QED) is 0.650. The van der Waals surface area contributed by atoms with Crippen molar-refractivity contribution in [3.63, 3.8) is 0 Å². The number of para-hydroxylation sites is 1. The number of benzene rings is 2. The topological polar surface area (TPSA) is 75.3 Å². The highest BCUT2D eigenvalue weighted by Gasteiger charge is 2.19. The number of aromatic nitrogens is 2. The zero-order chi connectivity index (χ0) is 19.4. The van der Waals surface area contributed by atoms with Gasteiger partial charge in [0.25, 0.3) is 11.5 Å². The second-order valence-electron chi connectivity index (χ2n) is 6.39. The van der Waals surface area contributed by atoms with Gasteiger partial charge in [0.1, 0.15) is 11.6 Å². The highest BCUT2D eigenvalue weighted by molar-refractivity contribution is 9.10. The van der Waals surface area contributed by atoms with Gasteiger partial charge in [0, 0.05) is 10.5 Å². The fourth-order valence-electron chi connectivity index (χ4n) is 2.69. The van der Waals surface area contributed by atoms with Crippen LogP contribution in [0.2, 0.25) is 0 Å². The average Bonchev–Trinajstić information content (AvgIpc) is 2.65. The molecule has 0 fully saturated rings. The van der Waals surface area contributed by atoms with Gasteiger partial charge in [-0.1, -0.05) is 28.1 Å². The lowest BCUT2D eigenvalue weighted by Crippen LogP contribution is -2.40. The molecule has 27 heavy (non-hydrogen) atoms. The van der Waals surface area contributed by atoms with Crippen molar-refractivity contribution in [3.05, 3.63) is 69.2 Å². The highest BCUT2D eigenvalue weighted by Crippen LogP contribution is 2.16. The van der Waals surface area contributed by atoms with E-state index in [4.69, 9.17) is 4.74 Å². The molecule has 3 aromatic rings.